The van der Waals surface area contributed by atoms with Crippen LogP contribution in [0.1, 0.15) is 22.5 Å². The summed E-state index contributed by atoms with van der Waals surface area (Å²) in [5, 5.41) is 4.26. The maximum atomic E-state index is 12.6. The molecule has 1 aromatic carbocycles. The van der Waals surface area contributed by atoms with Gasteiger partial charge in [0.05, 0.1) is 11.3 Å². The maximum Gasteiger partial charge on any atom is 0.257 e. The fourth-order valence-corrected chi connectivity index (χ4v) is 3.91. The van der Waals surface area contributed by atoms with E-state index in [0.29, 0.717) is 5.92 Å². The molecule has 22 heavy (non-hydrogen) atoms. The molecule has 1 aliphatic heterocycles. The van der Waals surface area contributed by atoms with E-state index in [1.54, 1.807) is 4.68 Å². The van der Waals surface area contributed by atoms with Crippen molar-refractivity contribution in [2.24, 2.45) is 13.0 Å². The predicted octanol–water partition coefficient (Wildman–Crippen LogP) is 2.98. The molecule has 0 unspecified atom stereocenters. The third-order valence-corrected chi connectivity index (χ3v) is 5.29. The summed E-state index contributed by atoms with van der Waals surface area (Å²) < 4.78 is 1.71. The molecule has 2 heterocycles. The second kappa shape index (κ2) is 6.57. The average Bonchev–Trinajstić information content (AvgIpc) is 3.12. The minimum atomic E-state index is 0.123. The van der Waals surface area contributed by atoms with E-state index in [2.05, 4.69) is 29.4 Å². The van der Waals surface area contributed by atoms with Crippen LogP contribution in [0.3, 0.4) is 0 Å². The van der Waals surface area contributed by atoms with Gasteiger partial charge in [-0.05, 0) is 31.4 Å². The SMILES string of the molecule is Cc1nn(C)cc1C(=O)N1CC[C@H](CSc2ccccc2)C1. The lowest BCUT2D eigenvalue weighted by atomic mass is 10.2. The highest BCUT2D eigenvalue weighted by Gasteiger charge is 2.28. The third kappa shape index (κ3) is 3.35. The Labute approximate surface area is 135 Å². The van der Waals surface area contributed by atoms with Crippen molar-refractivity contribution in [3.8, 4) is 0 Å². The number of carbonyl (C=O) groups excluding carboxylic acids is 1. The molecule has 0 bridgehead atoms. The Morgan fingerprint density at radius 1 is 1.36 bits per heavy atom. The lowest BCUT2D eigenvalue weighted by Crippen LogP contribution is -2.29. The third-order valence-electron chi connectivity index (χ3n) is 4.05. The van der Waals surface area contributed by atoms with Crippen molar-refractivity contribution in [1.82, 2.24) is 14.7 Å². The first kappa shape index (κ1) is 15.2. The van der Waals surface area contributed by atoms with Crippen LogP contribution in [0.25, 0.3) is 0 Å². The Bertz CT molecular complexity index is 653. The molecule has 1 aliphatic rings. The molecule has 1 saturated heterocycles. The van der Waals surface area contributed by atoms with Crippen molar-refractivity contribution < 1.29 is 4.79 Å². The molecule has 1 aromatic heterocycles. The van der Waals surface area contributed by atoms with Crippen LogP contribution in [0.5, 0.6) is 0 Å². The first-order valence-corrected chi connectivity index (χ1v) is 8.59. The fourth-order valence-electron chi connectivity index (χ4n) is 2.86. The van der Waals surface area contributed by atoms with Crippen LogP contribution in [0.2, 0.25) is 0 Å². The smallest absolute Gasteiger partial charge is 0.257 e. The van der Waals surface area contributed by atoms with E-state index in [4.69, 9.17) is 0 Å². The Morgan fingerprint density at radius 2 is 2.14 bits per heavy atom. The van der Waals surface area contributed by atoms with Crippen LogP contribution < -0.4 is 0 Å². The number of benzene rings is 1. The molecule has 116 valence electrons. The highest BCUT2D eigenvalue weighted by atomic mass is 32.2. The molecule has 0 saturated carbocycles. The molecule has 1 fully saturated rings. The molecule has 4 nitrogen and oxygen atoms in total. The van der Waals surface area contributed by atoms with Crippen LogP contribution in [-0.4, -0.2) is 39.4 Å². The zero-order valence-electron chi connectivity index (χ0n) is 13.0. The number of hydrogen-bond acceptors (Lipinski definition) is 3. The monoisotopic (exact) mass is 315 g/mol. The highest BCUT2D eigenvalue weighted by molar-refractivity contribution is 7.99. The standard InChI is InChI=1S/C17H21N3OS/c1-13-16(11-19(2)18-13)17(21)20-9-8-14(10-20)12-22-15-6-4-3-5-7-15/h3-7,11,14H,8-10,12H2,1-2H3/t14-/m0/s1. The molecular formula is C17H21N3OS. The first-order valence-electron chi connectivity index (χ1n) is 7.61. The van der Waals surface area contributed by atoms with Crippen LogP contribution in [0.4, 0.5) is 0 Å². The zero-order chi connectivity index (χ0) is 15.5. The Morgan fingerprint density at radius 3 is 2.82 bits per heavy atom. The molecule has 5 heteroatoms. The summed E-state index contributed by atoms with van der Waals surface area (Å²) in [6.07, 6.45) is 2.91. The number of aryl methyl sites for hydroxylation is 2. The number of amides is 1. The first-order chi connectivity index (χ1) is 10.6. The number of likely N-dealkylation sites (tertiary alicyclic amines) is 1. The second-order valence-corrected chi connectivity index (χ2v) is 6.93. The van der Waals surface area contributed by atoms with E-state index in [9.17, 15) is 4.79 Å². The molecule has 0 aliphatic carbocycles. The van der Waals surface area contributed by atoms with Crippen molar-refractivity contribution in [3.05, 3.63) is 47.8 Å². The van der Waals surface area contributed by atoms with Gasteiger partial charge in [-0.3, -0.25) is 9.48 Å². The van der Waals surface area contributed by atoms with Crippen LogP contribution >= 0.6 is 11.8 Å². The van der Waals surface area contributed by atoms with Crippen molar-refractivity contribution in [3.63, 3.8) is 0 Å². The van der Waals surface area contributed by atoms with Gasteiger partial charge >= 0.3 is 0 Å². The zero-order valence-corrected chi connectivity index (χ0v) is 13.8. The quantitative estimate of drug-likeness (QED) is 0.814. The lowest BCUT2D eigenvalue weighted by molar-refractivity contribution is 0.0787. The van der Waals surface area contributed by atoms with Crippen LogP contribution in [-0.2, 0) is 7.05 Å². The van der Waals surface area contributed by atoms with E-state index in [0.717, 1.165) is 36.5 Å². The summed E-state index contributed by atoms with van der Waals surface area (Å²) in [5.41, 5.74) is 1.55. The largest absolute Gasteiger partial charge is 0.338 e. The van der Waals surface area contributed by atoms with E-state index in [1.165, 1.54) is 4.90 Å². The summed E-state index contributed by atoms with van der Waals surface area (Å²) in [7, 11) is 1.85. The number of thioether (sulfide) groups is 1. The number of aromatic nitrogens is 2. The lowest BCUT2D eigenvalue weighted by Gasteiger charge is -2.16. The average molecular weight is 315 g/mol. The molecule has 1 amide bonds. The van der Waals surface area contributed by atoms with E-state index in [-0.39, 0.29) is 5.91 Å². The van der Waals surface area contributed by atoms with Gasteiger partial charge in [0, 0.05) is 37.0 Å². The number of hydrogen-bond donors (Lipinski definition) is 0. The Balaban J connectivity index is 1.56. The van der Waals surface area contributed by atoms with Gasteiger partial charge in [-0.2, -0.15) is 5.10 Å². The highest BCUT2D eigenvalue weighted by Crippen LogP contribution is 2.26. The van der Waals surface area contributed by atoms with E-state index in [1.807, 2.05) is 42.9 Å². The van der Waals surface area contributed by atoms with Gasteiger partial charge in [0.1, 0.15) is 0 Å². The molecule has 0 spiro atoms. The minimum absolute atomic E-state index is 0.123. The van der Waals surface area contributed by atoms with Crippen molar-refractivity contribution in [2.45, 2.75) is 18.2 Å². The normalized spacial score (nSPS) is 17.9. The van der Waals surface area contributed by atoms with Crippen LogP contribution in [0, 0.1) is 12.8 Å². The Hall–Kier alpha value is -1.75. The second-order valence-electron chi connectivity index (χ2n) is 5.83. The summed E-state index contributed by atoms with van der Waals surface area (Å²) >= 11 is 1.88. The van der Waals surface area contributed by atoms with Gasteiger partial charge in [0.2, 0.25) is 0 Å². The van der Waals surface area contributed by atoms with Crippen molar-refractivity contribution in [1.29, 1.82) is 0 Å². The molecule has 2 aromatic rings. The predicted molar refractivity (Wildman–Crippen MR) is 89.1 cm³/mol. The van der Waals surface area contributed by atoms with Gasteiger partial charge in [0.15, 0.2) is 0 Å². The molecule has 3 rings (SSSR count). The maximum absolute atomic E-state index is 12.6. The van der Waals surface area contributed by atoms with E-state index < -0.39 is 0 Å². The van der Waals surface area contributed by atoms with Crippen LogP contribution in [0.15, 0.2) is 41.4 Å². The van der Waals surface area contributed by atoms with Crippen molar-refractivity contribution in [2.75, 3.05) is 18.8 Å². The minimum Gasteiger partial charge on any atom is -0.338 e. The van der Waals surface area contributed by atoms with Gasteiger partial charge < -0.3 is 4.90 Å². The topological polar surface area (TPSA) is 38.1 Å². The van der Waals surface area contributed by atoms with Gasteiger partial charge in [-0.1, -0.05) is 18.2 Å². The number of rotatable bonds is 4. The molecule has 0 N–H and O–H groups in total. The van der Waals surface area contributed by atoms with Gasteiger partial charge in [-0.25, -0.2) is 0 Å². The molecule has 0 radical (unpaired) electrons. The summed E-state index contributed by atoms with van der Waals surface area (Å²) in [4.78, 5) is 15.8. The fraction of sp³-hybridized carbons (Fsp3) is 0.412. The van der Waals surface area contributed by atoms with E-state index >= 15 is 0 Å². The molecular weight excluding hydrogens is 294 g/mol. The molecule has 1 atom stereocenters. The number of carbonyl (C=O) groups is 1. The summed E-state index contributed by atoms with van der Waals surface area (Å²) in [6, 6.07) is 10.5. The Kier molecular flexibility index (Phi) is 4.52. The van der Waals surface area contributed by atoms with Gasteiger partial charge in [-0.15, -0.1) is 11.8 Å². The summed E-state index contributed by atoms with van der Waals surface area (Å²) in [6.45, 7) is 3.60. The summed E-state index contributed by atoms with van der Waals surface area (Å²) in [5.74, 6) is 1.77. The van der Waals surface area contributed by atoms with Gasteiger partial charge in [0.25, 0.3) is 5.91 Å². The number of nitrogens with zero attached hydrogens (tertiary/aromatic N) is 3. The van der Waals surface area contributed by atoms with Crippen molar-refractivity contribution >= 4 is 17.7 Å².